The van der Waals surface area contributed by atoms with E-state index in [9.17, 15) is 4.79 Å². The Kier molecular flexibility index (Phi) is 5.08. The lowest BCUT2D eigenvalue weighted by molar-refractivity contribution is -0.145. The van der Waals surface area contributed by atoms with Crippen LogP contribution in [0.1, 0.15) is 32.6 Å². The van der Waals surface area contributed by atoms with E-state index in [2.05, 4.69) is 5.32 Å². The van der Waals surface area contributed by atoms with E-state index in [0.29, 0.717) is 17.5 Å². The summed E-state index contributed by atoms with van der Waals surface area (Å²) in [5.74, 6) is 0.171. The number of para-hydroxylation sites is 1. The van der Waals surface area contributed by atoms with E-state index in [0.717, 1.165) is 18.5 Å². The molecule has 1 unspecified atom stereocenters. The van der Waals surface area contributed by atoms with Gasteiger partial charge in [0.05, 0.1) is 17.3 Å². The smallest absolute Gasteiger partial charge is 0.328 e. The summed E-state index contributed by atoms with van der Waals surface area (Å²) in [6.07, 6.45) is 4.51. The molecule has 1 aliphatic rings. The first-order valence-corrected chi connectivity index (χ1v) is 7.28. The van der Waals surface area contributed by atoms with Crippen LogP contribution in [0.3, 0.4) is 0 Å². The van der Waals surface area contributed by atoms with Gasteiger partial charge in [-0.2, -0.15) is 0 Å². The lowest BCUT2D eigenvalue weighted by Crippen LogP contribution is -2.37. The molecule has 1 saturated carbocycles. The molecule has 0 radical (unpaired) electrons. The topological polar surface area (TPSA) is 38.3 Å². The summed E-state index contributed by atoms with van der Waals surface area (Å²) in [7, 11) is 0. The van der Waals surface area contributed by atoms with Gasteiger partial charge in [0.2, 0.25) is 0 Å². The number of carbonyl (C=O) groups excluding carboxylic acids is 1. The molecule has 0 spiro atoms. The Morgan fingerprint density at radius 1 is 1.42 bits per heavy atom. The predicted octanol–water partition coefficient (Wildman–Crippen LogP) is 3.87. The minimum Gasteiger partial charge on any atom is -0.464 e. The fourth-order valence-electron chi connectivity index (χ4n) is 2.64. The van der Waals surface area contributed by atoms with Crippen LogP contribution < -0.4 is 5.32 Å². The molecule has 0 aromatic heterocycles. The first kappa shape index (κ1) is 14.2. The van der Waals surface area contributed by atoms with Crippen LogP contribution in [0.4, 0.5) is 5.69 Å². The zero-order valence-corrected chi connectivity index (χ0v) is 12.0. The van der Waals surface area contributed by atoms with Crippen molar-refractivity contribution in [1.82, 2.24) is 0 Å². The van der Waals surface area contributed by atoms with Crippen molar-refractivity contribution in [2.75, 3.05) is 11.9 Å². The predicted molar refractivity (Wildman–Crippen MR) is 77.5 cm³/mol. The summed E-state index contributed by atoms with van der Waals surface area (Å²) in [5.41, 5.74) is 0.800. The van der Waals surface area contributed by atoms with Crippen molar-refractivity contribution < 1.29 is 9.53 Å². The van der Waals surface area contributed by atoms with E-state index in [4.69, 9.17) is 16.3 Å². The number of ether oxygens (including phenoxy) is 1. The summed E-state index contributed by atoms with van der Waals surface area (Å²) >= 11 is 6.14. The lowest BCUT2D eigenvalue weighted by atomic mass is 9.98. The standard InChI is InChI=1S/C15H20ClNO2/c1-2-19-15(18)14(11-7-3-4-8-11)17-13-10-6-5-9-12(13)16/h5-6,9-11,14,17H,2-4,7-8H2,1H3. The van der Waals surface area contributed by atoms with Gasteiger partial charge in [-0.1, -0.05) is 36.6 Å². The normalized spacial score (nSPS) is 17.2. The number of carbonyl (C=O) groups is 1. The van der Waals surface area contributed by atoms with Crippen LogP contribution in [0.15, 0.2) is 24.3 Å². The molecule has 19 heavy (non-hydrogen) atoms. The quantitative estimate of drug-likeness (QED) is 0.833. The average molecular weight is 282 g/mol. The van der Waals surface area contributed by atoms with Crippen LogP contribution in [0, 0.1) is 5.92 Å². The second-order valence-electron chi connectivity index (χ2n) is 4.90. The van der Waals surface area contributed by atoms with Gasteiger partial charge in [-0.25, -0.2) is 4.79 Å². The van der Waals surface area contributed by atoms with E-state index in [1.165, 1.54) is 12.8 Å². The molecule has 1 aliphatic carbocycles. The fraction of sp³-hybridized carbons (Fsp3) is 0.533. The maximum Gasteiger partial charge on any atom is 0.328 e. The van der Waals surface area contributed by atoms with E-state index >= 15 is 0 Å². The van der Waals surface area contributed by atoms with Gasteiger partial charge in [-0.3, -0.25) is 0 Å². The van der Waals surface area contributed by atoms with Crippen LogP contribution >= 0.6 is 11.6 Å². The average Bonchev–Trinajstić information content (AvgIpc) is 2.91. The van der Waals surface area contributed by atoms with E-state index in [1.54, 1.807) is 0 Å². The largest absolute Gasteiger partial charge is 0.464 e. The number of halogens is 1. The van der Waals surface area contributed by atoms with Crippen LogP contribution in [0.2, 0.25) is 5.02 Å². The molecule has 2 rings (SSSR count). The molecule has 0 amide bonds. The van der Waals surface area contributed by atoms with Crippen molar-refractivity contribution in [3.8, 4) is 0 Å². The number of esters is 1. The van der Waals surface area contributed by atoms with Crippen molar-refractivity contribution in [2.24, 2.45) is 5.92 Å². The number of anilines is 1. The summed E-state index contributed by atoms with van der Waals surface area (Å²) in [6, 6.07) is 7.21. The number of nitrogens with one attached hydrogen (secondary N) is 1. The van der Waals surface area contributed by atoms with Gasteiger partial charge in [0.1, 0.15) is 6.04 Å². The Labute approximate surface area is 119 Å². The summed E-state index contributed by atoms with van der Waals surface area (Å²) in [6.45, 7) is 2.24. The molecule has 1 aromatic carbocycles. The second-order valence-corrected chi connectivity index (χ2v) is 5.31. The second kappa shape index (κ2) is 6.80. The summed E-state index contributed by atoms with van der Waals surface area (Å²) < 4.78 is 5.18. The zero-order chi connectivity index (χ0) is 13.7. The molecule has 3 nitrogen and oxygen atoms in total. The highest BCUT2D eigenvalue weighted by Gasteiger charge is 2.32. The molecule has 4 heteroatoms. The van der Waals surface area contributed by atoms with E-state index < -0.39 is 0 Å². The van der Waals surface area contributed by atoms with Crippen LogP contribution in [-0.4, -0.2) is 18.6 Å². The Morgan fingerprint density at radius 2 is 2.11 bits per heavy atom. The summed E-state index contributed by atoms with van der Waals surface area (Å²) in [4.78, 5) is 12.1. The van der Waals surface area contributed by atoms with Crippen LogP contribution in [0.25, 0.3) is 0 Å². The Hall–Kier alpha value is -1.22. The molecular weight excluding hydrogens is 262 g/mol. The first-order valence-electron chi connectivity index (χ1n) is 6.90. The molecule has 0 heterocycles. The van der Waals surface area contributed by atoms with Gasteiger partial charge in [0.25, 0.3) is 0 Å². The highest BCUT2D eigenvalue weighted by atomic mass is 35.5. The van der Waals surface area contributed by atoms with Gasteiger partial charge < -0.3 is 10.1 Å². The Bertz CT molecular complexity index is 430. The van der Waals surface area contributed by atoms with E-state index in [1.807, 2.05) is 31.2 Å². The molecule has 0 aliphatic heterocycles. The third-order valence-corrected chi connectivity index (χ3v) is 3.93. The van der Waals surface area contributed by atoms with Gasteiger partial charge in [0, 0.05) is 0 Å². The molecule has 0 bridgehead atoms. The van der Waals surface area contributed by atoms with Gasteiger partial charge in [-0.05, 0) is 37.8 Å². The van der Waals surface area contributed by atoms with Gasteiger partial charge >= 0.3 is 5.97 Å². The molecule has 0 saturated heterocycles. The number of hydrogen-bond donors (Lipinski definition) is 1. The van der Waals surface area contributed by atoms with Gasteiger partial charge in [0.15, 0.2) is 0 Å². The highest BCUT2D eigenvalue weighted by Crippen LogP contribution is 2.31. The molecule has 1 fully saturated rings. The minimum atomic E-state index is -0.289. The molecule has 1 N–H and O–H groups in total. The third kappa shape index (κ3) is 3.63. The van der Waals surface area contributed by atoms with Crippen molar-refractivity contribution in [3.63, 3.8) is 0 Å². The van der Waals surface area contributed by atoms with Crippen LogP contribution in [-0.2, 0) is 9.53 Å². The molecule has 1 aromatic rings. The molecule has 104 valence electrons. The first-order chi connectivity index (χ1) is 9.22. The number of rotatable bonds is 5. The highest BCUT2D eigenvalue weighted by molar-refractivity contribution is 6.33. The maximum atomic E-state index is 12.1. The van der Waals surface area contributed by atoms with Gasteiger partial charge in [-0.15, -0.1) is 0 Å². The van der Waals surface area contributed by atoms with E-state index in [-0.39, 0.29) is 12.0 Å². The fourth-order valence-corrected chi connectivity index (χ4v) is 2.83. The number of hydrogen-bond acceptors (Lipinski definition) is 3. The zero-order valence-electron chi connectivity index (χ0n) is 11.2. The summed E-state index contributed by atoms with van der Waals surface area (Å²) in [5, 5.41) is 3.90. The monoisotopic (exact) mass is 281 g/mol. The minimum absolute atomic E-state index is 0.172. The van der Waals surface area contributed by atoms with Crippen LogP contribution in [0.5, 0.6) is 0 Å². The SMILES string of the molecule is CCOC(=O)C(Nc1ccccc1Cl)C1CCCC1. The lowest BCUT2D eigenvalue weighted by Gasteiger charge is -2.24. The Morgan fingerprint density at radius 3 is 2.74 bits per heavy atom. The molecule has 1 atom stereocenters. The van der Waals surface area contributed by atoms with Crippen molar-refractivity contribution in [3.05, 3.63) is 29.3 Å². The number of benzene rings is 1. The van der Waals surface area contributed by atoms with Crippen molar-refractivity contribution >= 4 is 23.3 Å². The maximum absolute atomic E-state index is 12.1. The Balaban J connectivity index is 2.13. The third-order valence-electron chi connectivity index (χ3n) is 3.60. The molecular formula is C15H20ClNO2. The van der Waals surface area contributed by atoms with Crippen molar-refractivity contribution in [1.29, 1.82) is 0 Å². The van der Waals surface area contributed by atoms with Crippen molar-refractivity contribution in [2.45, 2.75) is 38.6 Å².